The first-order valence-corrected chi connectivity index (χ1v) is 8.66. The van der Waals surface area contributed by atoms with Crippen LogP contribution in [0.3, 0.4) is 0 Å². The van der Waals surface area contributed by atoms with E-state index in [2.05, 4.69) is 5.32 Å². The van der Waals surface area contributed by atoms with E-state index in [1.165, 1.54) is 0 Å². The molecule has 0 saturated heterocycles. The van der Waals surface area contributed by atoms with Gasteiger partial charge in [0.1, 0.15) is 5.75 Å². The van der Waals surface area contributed by atoms with Gasteiger partial charge in [0, 0.05) is 6.54 Å². The minimum Gasteiger partial charge on any atom is -0.507 e. The molecule has 27 heavy (non-hydrogen) atoms. The van der Waals surface area contributed by atoms with Gasteiger partial charge in [0.05, 0.1) is 5.56 Å². The number of fused-ring (bicyclic) bond motifs is 1. The summed E-state index contributed by atoms with van der Waals surface area (Å²) in [7, 11) is 0. The van der Waals surface area contributed by atoms with E-state index < -0.39 is 5.97 Å². The van der Waals surface area contributed by atoms with Crippen molar-refractivity contribution in [2.75, 3.05) is 6.61 Å². The van der Waals surface area contributed by atoms with Crippen LogP contribution < -0.4 is 5.32 Å². The number of benzene rings is 3. The highest BCUT2D eigenvalue weighted by Crippen LogP contribution is 2.23. The maximum atomic E-state index is 12.3. The fraction of sp³-hybridized carbons (Fsp3) is 0.182. The second-order valence-electron chi connectivity index (χ2n) is 6.46. The molecule has 3 rings (SSSR count). The number of carbonyl (C=O) groups excluding carboxylic acids is 2. The van der Waals surface area contributed by atoms with Crippen LogP contribution in [-0.4, -0.2) is 23.6 Å². The number of nitrogens with one attached hydrogen (secondary N) is 1. The molecule has 0 atom stereocenters. The standard InChI is InChI=1S/C22H21NO4/c1-14-10-16(11-15(2)21(14)25)12-23-20(24)13-27-22(26)19-9-5-7-17-6-3-4-8-18(17)19/h3-11,25H,12-13H2,1-2H3,(H,23,24). The summed E-state index contributed by atoms with van der Waals surface area (Å²) in [5.41, 5.74) is 2.81. The number of aryl methyl sites for hydroxylation is 2. The van der Waals surface area contributed by atoms with Crippen molar-refractivity contribution < 1.29 is 19.4 Å². The zero-order valence-corrected chi connectivity index (χ0v) is 15.3. The lowest BCUT2D eigenvalue weighted by Gasteiger charge is -2.10. The molecule has 0 unspecified atom stereocenters. The highest BCUT2D eigenvalue weighted by Gasteiger charge is 2.13. The number of hydrogen-bond donors (Lipinski definition) is 2. The molecule has 0 heterocycles. The third-order valence-electron chi connectivity index (χ3n) is 4.38. The smallest absolute Gasteiger partial charge is 0.339 e. The Hall–Kier alpha value is -3.34. The van der Waals surface area contributed by atoms with Crippen molar-refractivity contribution in [3.05, 3.63) is 76.9 Å². The number of hydrogen-bond acceptors (Lipinski definition) is 4. The van der Waals surface area contributed by atoms with Gasteiger partial charge in [-0.1, -0.05) is 48.5 Å². The van der Waals surface area contributed by atoms with E-state index in [1.54, 1.807) is 26.0 Å². The molecular formula is C22H21NO4. The van der Waals surface area contributed by atoms with Crippen LogP contribution in [0.15, 0.2) is 54.6 Å². The molecule has 0 fully saturated rings. The number of ether oxygens (including phenoxy) is 1. The van der Waals surface area contributed by atoms with Crippen molar-refractivity contribution in [2.45, 2.75) is 20.4 Å². The van der Waals surface area contributed by atoms with Crippen LogP contribution in [0, 0.1) is 13.8 Å². The number of phenolic OH excluding ortho intramolecular Hbond substituents is 1. The summed E-state index contributed by atoms with van der Waals surface area (Å²) in [6, 6.07) is 16.5. The molecule has 0 aliphatic heterocycles. The van der Waals surface area contributed by atoms with Gasteiger partial charge >= 0.3 is 5.97 Å². The van der Waals surface area contributed by atoms with Crippen LogP contribution in [0.5, 0.6) is 5.75 Å². The number of amides is 1. The summed E-state index contributed by atoms with van der Waals surface area (Å²) in [5.74, 6) is -0.653. The predicted molar refractivity (Wildman–Crippen MR) is 104 cm³/mol. The Morgan fingerprint density at radius 1 is 1.00 bits per heavy atom. The average Bonchev–Trinajstić information content (AvgIpc) is 2.68. The largest absolute Gasteiger partial charge is 0.507 e. The summed E-state index contributed by atoms with van der Waals surface area (Å²) in [5, 5.41) is 14.2. The molecule has 138 valence electrons. The highest BCUT2D eigenvalue weighted by molar-refractivity contribution is 6.04. The van der Waals surface area contributed by atoms with Crippen molar-refractivity contribution in [1.29, 1.82) is 0 Å². The molecule has 0 saturated carbocycles. The minimum atomic E-state index is -0.529. The van der Waals surface area contributed by atoms with Gasteiger partial charge in [-0.3, -0.25) is 4.79 Å². The van der Waals surface area contributed by atoms with Crippen molar-refractivity contribution in [3.8, 4) is 5.75 Å². The van der Waals surface area contributed by atoms with Crippen LogP contribution in [0.2, 0.25) is 0 Å². The Kier molecular flexibility index (Phi) is 5.41. The van der Waals surface area contributed by atoms with Crippen molar-refractivity contribution in [3.63, 3.8) is 0 Å². The second-order valence-corrected chi connectivity index (χ2v) is 6.46. The number of esters is 1. The normalized spacial score (nSPS) is 10.6. The zero-order chi connectivity index (χ0) is 19.4. The topological polar surface area (TPSA) is 75.6 Å². The second kappa shape index (κ2) is 7.91. The number of carbonyl (C=O) groups is 2. The first-order valence-electron chi connectivity index (χ1n) is 8.66. The summed E-state index contributed by atoms with van der Waals surface area (Å²) in [6.45, 7) is 3.56. The monoisotopic (exact) mass is 363 g/mol. The first-order chi connectivity index (χ1) is 13.0. The van der Waals surface area contributed by atoms with Gasteiger partial charge in [0.2, 0.25) is 0 Å². The van der Waals surface area contributed by atoms with Gasteiger partial charge in [-0.15, -0.1) is 0 Å². The van der Waals surface area contributed by atoms with Crippen LogP contribution in [0.1, 0.15) is 27.0 Å². The lowest BCUT2D eigenvalue weighted by Crippen LogP contribution is -2.28. The zero-order valence-electron chi connectivity index (χ0n) is 15.3. The van der Waals surface area contributed by atoms with Crippen LogP contribution in [0.4, 0.5) is 0 Å². The number of rotatable bonds is 5. The third kappa shape index (κ3) is 4.26. The Morgan fingerprint density at radius 3 is 2.41 bits per heavy atom. The molecule has 3 aromatic carbocycles. The summed E-state index contributed by atoms with van der Waals surface area (Å²) < 4.78 is 5.16. The van der Waals surface area contributed by atoms with E-state index in [0.29, 0.717) is 12.1 Å². The molecule has 3 aromatic rings. The van der Waals surface area contributed by atoms with E-state index >= 15 is 0 Å². The van der Waals surface area contributed by atoms with Crippen molar-refractivity contribution in [1.82, 2.24) is 5.32 Å². The van der Waals surface area contributed by atoms with Gasteiger partial charge in [-0.05, 0) is 47.4 Å². The summed E-state index contributed by atoms with van der Waals surface area (Å²) >= 11 is 0. The minimum absolute atomic E-state index is 0.258. The fourth-order valence-corrected chi connectivity index (χ4v) is 3.01. The van der Waals surface area contributed by atoms with Crippen molar-refractivity contribution in [2.24, 2.45) is 0 Å². The molecule has 5 heteroatoms. The van der Waals surface area contributed by atoms with E-state index in [-0.39, 0.29) is 18.3 Å². The molecule has 0 spiro atoms. The quantitative estimate of drug-likeness (QED) is 0.679. The lowest BCUT2D eigenvalue weighted by molar-refractivity contribution is -0.124. The van der Waals surface area contributed by atoms with Gasteiger partial charge in [0.25, 0.3) is 5.91 Å². The Balaban J connectivity index is 1.58. The molecule has 0 bridgehead atoms. The molecule has 2 N–H and O–H groups in total. The highest BCUT2D eigenvalue weighted by atomic mass is 16.5. The molecule has 0 aliphatic rings. The average molecular weight is 363 g/mol. The third-order valence-corrected chi connectivity index (χ3v) is 4.38. The van der Waals surface area contributed by atoms with Crippen molar-refractivity contribution >= 4 is 22.6 Å². The van der Waals surface area contributed by atoms with Crippen LogP contribution in [0.25, 0.3) is 10.8 Å². The fourth-order valence-electron chi connectivity index (χ4n) is 3.01. The van der Waals surface area contributed by atoms with Gasteiger partial charge in [-0.2, -0.15) is 0 Å². The SMILES string of the molecule is Cc1cc(CNC(=O)COC(=O)c2cccc3ccccc23)cc(C)c1O. The predicted octanol–water partition coefficient (Wildman–Crippen LogP) is 3.64. The summed E-state index contributed by atoms with van der Waals surface area (Å²) in [4.78, 5) is 24.3. The number of phenols is 1. The van der Waals surface area contributed by atoms with Gasteiger partial charge < -0.3 is 15.2 Å². The Morgan fingerprint density at radius 2 is 1.67 bits per heavy atom. The first kappa shape index (κ1) is 18.5. The van der Waals surface area contributed by atoms with E-state index in [1.807, 2.05) is 42.5 Å². The van der Waals surface area contributed by atoms with E-state index in [9.17, 15) is 14.7 Å². The Bertz CT molecular complexity index is 982. The maximum absolute atomic E-state index is 12.3. The summed E-state index contributed by atoms with van der Waals surface area (Å²) in [6.07, 6.45) is 0. The lowest BCUT2D eigenvalue weighted by atomic mass is 10.1. The Labute approximate surface area is 157 Å². The van der Waals surface area contributed by atoms with E-state index in [4.69, 9.17) is 4.74 Å². The van der Waals surface area contributed by atoms with E-state index in [0.717, 1.165) is 27.5 Å². The van der Waals surface area contributed by atoms with Gasteiger partial charge in [-0.25, -0.2) is 4.79 Å². The molecule has 0 radical (unpaired) electrons. The molecule has 5 nitrogen and oxygen atoms in total. The van der Waals surface area contributed by atoms with Gasteiger partial charge in [0.15, 0.2) is 6.61 Å². The van der Waals surface area contributed by atoms with Crippen LogP contribution in [-0.2, 0) is 16.1 Å². The molecule has 0 aliphatic carbocycles. The maximum Gasteiger partial charge on any atom is 0.339 e. The van der Waals surface area contributed by atoms with Crippen LogP contribution >= 0.6 is 0 Å². The molecule has 0 aromatic heterocycles. The number of aromatic hydroxyl groups is 1. The molecule has 1 amide bonds. The molecular weight excluding hydrogens is 342 g/mol.